The molecule has 1 aliphatic carbocycles. The molecule has 5 rings (SSSR count). The van der Waals surface area contributed by atoms with Gasteiger partial charge in [-0.25, -0.2) is 8.42 Å². The van der Waals surface area contributed by atoms with E-state index < -0.39 is 22.7 Å². The first-order valence-corrected chi connectivity index (χ1v) is 16.9. The topological polar surface area (TPSA) is 78.8 Å². The number of nitrogens with one attached hydrogen (secondary N) is 2. The van der Waals surface area contributed by atoms with E-state index in [1.54, 1.807) is 24.3 Å². The van der Waals surface area contributed by atoms with Crippen LogP contribution in [0.1, 0.15) is 50.6 Å². The van der Waals surface area contributed by atoms with Crippen LogP contribution in [0, 0.1) is 11.8 Å². The van der Waals surface area contributed by atoms with E-state index in [0.717, 1.165) is 50.6 Å². The Bertz CT molecular complexity index is 1650. The van der Waals surface area contributed by atoms with Gasteiger partial charge in [-0.3, -0.25) is 0 Å². The van der Waals surface area contributed by atoms with Gasteiger partial charge >= 0.3 is 6.18 Å². The molecule has 2 heterocycles. The van der Waals surface area contributed by atoms with Crippen LogP contribution in [0.25, 0.3) is 10.9 Å². The Labute approximate surface area is 264 Å². The predicted octanol–water partition coefficient (Wildman–Crippen LogP) is 6.14. The Morgan fingerprint density at radius 1 is 1.00 bits per heavy atom. The fourth-order valence-electron chi connectivity index (χ4n) is 6.33. The van der Waals surface area contributed by atoms with Crippen molar-refractivity contribution in [3.63, 3.8) is 0 Å². The highest BCUT2D eigenvalue weighted by molar-refractivity contribution is 7.89. The van der Waals surface area contributed by atoms with Gasteiger partial charge in [0, 0.05) is 42.3 Å². The van der Waals surface area contributed by atoms with Crippen LogP contribution in [0.5, 0.6) is 5.75 Å². The van der Waals surface area contributed by atoms with Gasteiger partial charge in [-0.1, -0.05) is 18.4 Å². The summed E-state index contributed by atoms with van der Waals surface area (Å²) in [6.45, 7) is -0.0320. The first-order valence-electron chi connectivity index (χ1n) is 15.5. The van der Waals surface area contributed by atoms with Crippen molar-refractivity contribution in [3.8, 4) is 17.6 Å². The van der Waals surface area contributed by atoms with Crippen LogP contribution in [0.3, 0.4) is 0 Å². The summed E-state index contributed by atoms with van der Waals surface area (Å²) < 4.78 is 75.4. The maximum atomic E-state index is 13.7. The lowest BCUT2D eigenvalue weighted by Gasteiger charge is -2.33. The SMILES string of the molecule is COc1cc(S(=O)(=O)N2CCCCC2)ccc1NCC#Cc1cc2c(N[C@H]3CC[C@@H](N(C)C)CC3)cccc2n1CC(F)(F)F. The Kier molecular flexibility index (Phi) is 10.2. The number of piperidine rings is 1. The number of hydrogen-bond acceptors (Lipinski definition) is 6. The number of aromatic nitrogens is 1. The molecule has 1 saturated heterocycles. The standard InChI is InChI=1S/C33H42F3N5O3S/c1-39(2)25-14-12-24(13-15-25)38-29-10-7-11-31-28(29)21-26(41(31)23-33(34,35)36)9-8-18-37-30-17-16-27(22-32(30)44-3)45(42,43)40-19-5-4-6-20-40/h7,10-11,16-17,21-22,24-25,37-38H,4-6,12-15,18-20,23H2,1-3H3/t24-,25+. The van der Waals surface area contributed by atoms with Crippen LogP contribution in [0.4, 0.5) is 24.5 Å². The van der Waals surface area contributed by atoms with Gasteiger partial charge in [0.25, 0.3) is 0 Å². The van der Waals surface area contributed by atoms with Crippen LogP contribution in [0.15, 0.2) is 47.4 Å². The summed E-state index contributed by atoms with van der Waals surface area (Å²) in [5, 5.41) is 7.42. The maximum absolute atomic E-state index is 13.7. The molecule has 0 unspecified atom stereocenters. The molecule has 1 saturated carbocycles. The molecular weight excluding hydrogens is 603 g/mol. The summed E-state index contributed by atoms with van der Waals surface area (Å²) in [6.07, 6.45) is 2.41. The summed E-state index contributed by atoms with van der Waals surface area (Å²) >= 11 is 0. The number of fused-ring (bicyclic) bond motifs is 1. The molecule has 0 amide bonds. The fourth-order valence-corrected chi connectivity index (χ4v) is 7.86. The van der Waals surface area contributed by atoms with E-state index in [0.29, 0.717) is 41.5 Å². The molecule has 0 spiro atoms. The molecule has 244 valence electrons. The van der Waals surface area contributed by atoms with Gasteiger partial charge in [-0.15, -0.1) is 0 Å². The Hall–Kier alpha value is -3.40. The van der Waals surface area contributed by atoms with Crippen molar-refractivity contribution in [2.45, 2.75) is 74.6 Å². The number of rotatable bonds is 9. The van der Waals surface area contributed by atoms with Crippen molar-refractivity contribution >= 4 is 32.3 Å². The average Bonchev–Trinajstić information content (AvgIpc) is 3.36. The largest absolute Gasteiger partial charge is 0.495 e. The van der Waals surface area contributed by atoms with Crippen LogP contribution in [0.2, 0.25) is 0 Å². The third-order valence-corrected chi connectivity index (χ3v) is 10.7. The third kappa shape index (κ3) is 7.88. The highest BCUT2D eigenvalue weighted by Gasteiger charge is 2.30. The molecule has 0 bridgehead atoms. The van der Waals surface area contributed by atoms with E-state index in [4.69, 9.17) is 4.74 Å². The number of benzene rings is 2. The monoisotopic (exact) mass is 645 g/mol. The second kappa shape index (κ2) is 13.9. The third-order valence-electron chi connectivity index (χ3n) is 8.78. The minimum atomic E-state index is -4.42. The minimum Gasteiger partial charge on any atom is -0.495 e. The molecule has 2 N–H and O–H groups in total. The van der Waals surface area contributed by atoms with Gasteiger partial charge in [0.05, 0.1) is 35.4 Å². The number of halogens is 3. The fraction of sp³-hybridized carbons (Fsp3) is 0.515. The number of anilines is 2. The van der Waals surface area contributed by atoms with Crippen LogP contribution >= 0.6 is 0 Å². The summed E-state index contributed by atoms with van der Waals surface area (Å²) in [6, 6.07) is 12.6. The predicted molar refractivity (Wildman–Crippen MR) is 172 cm³/mol. The molecule has 1 aromatic heterocycles. The normalized spacial score (nSPS) is 19.7. The van der Waals surface area contributed by atoms with E-state index in [9.17, 15) is 21.6 Å². The number of alkyl halides is 3. The van der Waals surface area contributed by atoms with Crippen LogP contribution in [-0.4, -0.2) is 81.3 Å². The summed E-state index contributed by atoms with van der Waals surface area (Å²) in [5.74, 6) is 6.22. The molecule has 3 aromatic rings. The summed E-state index contributed by atoms with van der Waals surface area (Å²) in [5.41, 5.74) is 2.09. The Morgan fingerprint density at radius 2 is 1.73 bits per heavy atom. The zero-order valence-electron chi connectivity index (χ0n) is 26.1. The molecular formula is C33H42F3N5O3S. The first-order chi connectivity index (χ1) is 21.5. The van der Waals surface area contributed by atoms with Crippen molar-refractivity contribution in [1.29, 1.82) is 0 Å². The van der Waals surface area contributed by atoms with Crippen molar-refractivity contribution in [2.24, 2.45) is 0 Å². The van der Waals surface area contributed by atoms with Crippen LogP contribution in [-0.2, 0) is 16.6 Å². The van der Waals surface area contributed by atoms with Crippen molar-refractivity contribution < 1.29 is 26.3 Å². The molecule has 45 heavy (non-hydrogen) atoms. The minimum absolute atomic E-state index is 0.113. The molecule has 0 radical (unpaired) electrons. The van der Waals surface area contributed by atoms with Gasteiger partial charge < -0.3 is 24.8 Å². The smallest absolute Gasteiger partial charge is 0.406 e. The molecule has 1 aliphatic heterocycles. The highest BCUT2D eigenvalue weighted by atomic mass is 32.2. The Morgan fingerprint density at radius 3 is 2.40 bits per heavy atom. The lowest BCUT2D eigenvalue weighted by molar-refractivity contribution is -0.140. The molecule has 12 heteroatoms. The lowest BCUT2D eigenvalue weighted by Crippen LogP contribution is -2.36. The first kappa shape index (κ1) is 33.0. The van der Waals surface area contributed by atoms with Gasteiger partial charge in [0.1, 0.15) is 12.3 Å². The van der Waals surface area contributed by atoms with E-state index in [-0.39, 0.29) is 23.2 Å². The molecule has 2 aliphatic rings. The second-order valence-electron chi connectivity index (χ2n) is 12.1. The van der Waals surface area contributed by atoms with Gasteiger partial charge in [-0.2, -0.15) is 17.5 Å². The van der Waals surface area contributed by atoms with Gasteiger partial charge in [0.2, 0.25) is 10.0 Å². The van der Waals surface area contributed by atoms with Crippen molar-refractivity contribution in [1.82, 2.24) is 13.8 Å². The summed E-state index contributed by atoms with van der Waals surface area (Å²) in [7, 11) is 2.02. The zero-order chi connectivity index (χ0) is 32.2. The van der Waals surface area contributed by atoms with E-state index in [2.05, 4.69) is 41.5 Å². The average molecular weight is 646 g/mol. The molecule has 0 atom stereocenters. The lowest BCUT2D eigenvalue weighted by atomic mass is 9.90. The number of methoxy groups -OCH3 is 1. The van der Waals surface area contributed by atoms with Gasteiger partial charge in [0.15, 0.2) is 0 Å². The van der Waals surface area contributed by atoms with Crippen molar-refractivity contribution in [3.05, 3.63) is 48.2 Å². The zero-order valence-corrected chi connectivity index (χ0v) is 26.9. The molecule has 2 fully saturated rings. The van der Waals surface area contributed by atoms with E-state index in [1.165, 1.54) is 28.1 Å². The number of nitrogens with zero attached hydrogens (tertiary/aromatic N) is 3. The van der Waals surface area contributed by atoms with Crippen molar-refractivity contribution in [2.75, 3.05) is 51.5 Å². The molecule has 2 aromatic carbocycles. The number of ether oxygens (including phenoxy) is 1. The second-order valence-corrected chi connectivity index (χ2v) is 14.0. The van der Waals surface area contributed by atoms with Gasteiger partial charge in [-0.05, 0) is 88.9 Å². The molecule has 8 nitrogen and oxygen atoms in total. The van der Waals surface area contributed by atoms with E-state index in [1.807, 2.05) is 6.07 Å². The highest BCUT2D eigenvalue weighted by Crippen LogP contribution is 2.33. The number of hydrogen-bond donors (Lipinski definition) is 2. The Balaban J connectivity index is 1.34. The quantitative estimate of drug-likeness (QED) is 0.273. The summed E-state index contributed by atoms with van der Waals surface area (Å²) in [4.78, 5) is 2.41. The number of sulfonamides is 1. The van der Waals surface area contributed by atoms with E-state index >= 15 is 0 Å². The maximum Gasteiger partial charge on any atom is 0.406 e. The van der Waals surface area contributed by atoms with Crippen LogP contribution < -0.4 is 15.4 Å².